The van der Waals surface area contributed by atoms with Crippen LogP contribution in [0.15, 0.2) is 24.3 Å². The molecule has 0 bridgehead atoms. The van der Waals surface area contributed by atoms with E-state index < -0.39 is 0 Å². The van der Waals surface area contributed by atoms with Crippen LogP contribution >= 0.6 is 23.2 Å². The number of halogens is 2. The van der Waals surface area contributed by atoms with Gasteiger partial charge in [-0.2, -0.15) is 0 Å². The quantitative estimate of drug-likeness (QED) is 0.655. The van der Waals surface area contributed by atoms with Crippen molar-refractivity contribution >= 4 is 23.2 Å². The third-order valence-electron chi connectivity index (χ3n) is 2.27. The smallest absolute Gasteiger partial charge is 0.0408 e. The lowest BCUT2D eigenvalue weighted by Gasteiger charge is -2.17. The number of benzene rings is 1. The van der Waals surface area contributed by atoms with E-state index in [2.05, 4.69) is 13.0 Å². The molecule has 1 rings (SSSR count). The second-order valence-electron chi connectivity index (χ2n) is 3.25. The first kappa shape index (κ1) is 10.9. The normalized spacial score (nSPS) is 15.4. The lowest BCUT2D eigenvalue weighted by atomic mass is 9.94. The van der Waals surface area contributed by atoms with Gasteiger partial charge in [0.15, 0.2) is 0 Å². The summed E-state index contributed by atoms with van der Waals surface area (Å²) in [4.78, 5) is 0. The van der Waals surface area contributed by atoms with Crippen LogP contribution in [0.1, 0.15) is 31.7 Å². The molecule has 72 valence electrons. The topological polar surface area (TPSA) is 0 Å². The maximum absolute atomic E-state index is 6.09. The molecule has 0 saturated carbocycles. The molecular formula is C11H14Cl2. The van der Waals surface area contributed by atoms with Crippen LogP contribution < -0.4 is 0 Å². The molecular weight excluding hydrogens is 203 g/mol. The van der Waals surface area contributed by atoms with Crippen LogP contribution in [0.2, 0.25) is 5.02 Å². The van der Waals surface area contributed by atoms with Crippen LogP contribution in [0.5, 0.6) is 0 Å². The van der Waals surface area contributed by atoms with E-state index in [4.69, 9.17) is 23.2 Å². The molecule has 13 heavy (non-hydrogen) atoms. The summed E-state index contributed by atoms with van der Waals surface area (Å²) in [6, 6.07) is 7.93. The minimum Gasteiger partial charge on any atom is -0.123 e. The molecule has 0 N–H and O–H groups in total. The molecule has 0 spiro atoms. The summed E-state index contributed by atoms with van der Waals surface area (Å²) in [6.45, 7) is 4.17. The lowest BCUT2D eigenvalue weighted by Crippen LogP contribution is -2.07. The van der Waals surface area contributed by atoms with Gasteiger partial charge in [-0.3, -0.25) is 0 Å². The Balaban J connectivity index is 2.91. The van der Waals surface area contributed by atoms with Crippen LogP contribution in [0.4, 0.5) is 0 Å². The fourth-order valence-electron chi connectivity index (χ4n) is 1.56. The van der Waals surface area contributed by atoms with Crippen molar-refractivity contribution in [2.45, 2.75) is 31.6 Å². The van der Waals surface area contributed by atoms with E-state index in [-0.39, 0.29) is 5.38 Å². The lowest BCUT2D eigenvalue weighted by molar-refractivity contribution is 0.649. The Morgan fingerprint density at radius 3 is 2.54 bits per heavy atom. The van der Waals surface area contributed by atoms with Crippen molar-refractivity contribution in [1.82, 2.24) is 0 Å². The zero-order chi connectivity index (χ0) is 9.84. The van der Waals surface area contributed by atoms with E-state index in [1.54, 1.807) is 0 Å². The van der Waals surface area contributed by atoms with Gasteiger partial charge in [0.05, 0.1) is 0 Å². The molecule has 0 nitrogen and oxygen atoms in total. The minimum absolute atomic E-state index is 0.156. The Morgan fingerprint density at radius 2 is 2.08 bits per heavy atom. The average molecular weight is 217 g/mol. The van der Waals surface area contributed by atoms with Crippen molar-refractivity contribution < 1.29 is 0 Å². The molecule has 0 fully saturated rings. The molecule has 0 aromatic heterocycles. The highest BCUT2D eigenvalue weighted by Gasteiger charge is 2.14. The molecule has 0 aliphatic carbocycles. The molecule has 0 aliphatic heterocycles. The van der Waals surface area contributed by atoms with Crippen LogP contribution in [0.25, 0.3) is 0 Å². The van der Waals surface area contributed by atoms with Crippen molar-refractivity contribution in [2.75, 3.05) is 0 Å². The Morgan fingerprint density at radius 1 is 1.38 bits per heavy atom. The SMILES string of the molecule is CCC(c1cccc(Cl)c1)C(C)Cl. The first-order chi connectivity index (χ1) is 6.15. The molecule has 0 amide bonds. The van der Waals surface area contributed by atoms with Gasteiger partial charge in [-0.05, 0) is 37.0 Å². The van der Waals surface area contributed by atoms with Crippen molar-refractivity contribution in [2.24, 2.45) is 0 Å². The zero-order valence-electron chi connectivity index (χ0n) is 7.93. The highest BCUT2D eigenvalue weighted by molar-refractivity contribution is 6.30. The van der Waals surface area contributed by atoms with Gasteiger partial charge in [-0.15, -0.1) is 11.6 Å². The van der Waals surface area contributed by atoms with Gasteiger partial charge in [0.25, 0.3) is 0 Å². The Bertz CT molecular complexity index is 269. The van der Waals surface area contributed by atoms with Crippen molar-refractivity contribution in [3.05, 3.63) is 34.9 Å². The second-order valence-corrected chi connectivity index (χ2v) is 4.37. The second kappa shape index (κ2) is 4.88. The van der Waals surface area contributed by atoms with Gasteiger partial charge in [0.1, 0.15) is 0 Å². The fraction of sp³-hybridized carbons (Fsp3) is 0.455. The molecule has 0 saturated heterocycles. The maximum atomic E-state index is 6.09. The van der Waals surface area contributed by atoms with E-state index in [9.17, 15) is 0 Å². The van der Waals surface area contributed by atoms with E-state index in [1.165, 1.54) is 5.56 Å². The van der Waals surface area contributed by atoms with Gasteiger partial charge in [0, 0.05) is 10.4 Å². The van der Waals surface area contributed by atoms with Crippen molar-refractivity contribution in [1.29, 1.82) is 0 Å². The number of alkyl halides is 1. The van der Waals surface area contributed by atoms with Crippen LogP contribution in [0, 0.1) is 0 Å². The molecule has 1 aromatic carbocycles. The fourth-order valence-corrected chi connectivity index (χ4v) is 2.09. The molecule has 2 atom stereocenters. The Labute approximate surface area is 89.9 Å². The van der Waals surface area contributed by atoms with Gasteiger partial charge < -0.3 is 0 Å². The summed E-state index contributed by atoms with van der Waals surface area (Å²) < 4.78 is 0. The molecule has 0 heterocycles. The zero-order valence-corrected chi connectivity index (χ0v) is 9.44. The van der Waals surface area contributed by atoms with E-state index in [0.717, 1.165) is 11.4 Å². The summed E-state index contributed by atoms with van der Waals surface area (Å²) >= 11 is 12.0. The largest absolute Gasteiger partial charge is 0.123 e. The predicted octanol–water partition coefficient (Wildman–Crippen LogP) is 4.46. The molecule has 1 aromatic rings. The molecule has 0 radical (unpaired) electrons. The summed E-state index contributed by atoms with van der Waals surface area (Å²) in [5, 5.41) is 0.941. The van der Waals surface area contributed by atoms with Crippen LogP contribution in [-0.2, 0) is 0 Å². The Hall–Kier alpha value is -0.200. The minimum atomic E-state index is 0.156. The number of rotatable bonds is 3. The summed E-state index contributed by atoms with van der Waals surface area (Å²) in [5.74, 6) is 0.403. The summed E-state index contributed by atoms with van der Waals surface area (Å²) in [5.41, 5.74) is 1.23. The Kier molecular flexibility index (Phi) is 4.08. The van der Waals surface area contributed by atoms with Crippen LogP contribution in [0.3, 0.4) is 0 Å². The molecule has 0 aliphatic rings. The first-order valence-corrected chi connectivity index (χ1v) is 5.36. The average Bonchev–Trinajstić information content (AvgIpc) is 2.04. The van der Waals surface area contributed by atoms with Gasteiger partial charge in [0.2, 0.25) is 0 Å². The van der Waals surface area contributed by atoms with Gasteiger partial charge in [-0.1, -0.05) is 30.7 Å². The highest BCUT2D eigenvalue weighted by Crippen LogP contribution is 2.28. The summed E-state index contributed by atoms with van der Waals surface area (Å²) in [6.07, 6.45) is 1.05. The van der Waals surface area contributed by atoms with Crippen molar-refractivity contribution in [3.63, 3.8) is 0 Å². The third-order valence-corrected chi connectivity index (χ3v) is 2.81. The van der Waals surface area contributed by atoms with E-state index >= 15 is 0 Å². The van der Waals surface area contributed by atoms with E-state index in [1.807, 2.05) is 25.1 Å². The van der Waals surface area contributed by atoms with E-state index in [0.29, 0.717) is 5.92 Å². The maximum Gasteiger partial charge on any atom is 0.0408 e. The van der Waals surface area contributed by atoms with Gasteiger partial charge in [-0.25, -0.2) is 0 Å². The molecule has 2 unspecified atom stereocenters. The summed E-state index contributed by atoms with van der Waals surface area (Å²) in [7, 11) is 0. The van der Waals surface area contributed by atoms with Crippen LogP contribution in [-0.4, -0.2) is 5.38 Å². The van der Waals surface area contributed by atoms with Gasteiger partial charge >= 0.3 is 0 Å². The highest BCUT2D eigenvalue weighted by atomic mass is 35.5. The predicted molar refractivity (Wildman–Crippen MR) is 59.8 cm³/mol. The number of hydrogen-bond donors (Lipinski definition) is 0. The third kappa shape index (κ3) is 2.89. The monoisotopic (exact) mass is 216 g/mol. The number of hydrogen-bond acceptors (Lipinski definition) is 0. The first-order valence-electron chi connectivity index (χ1n) is 4.54. The standard InChI is InChI=1S/C11H14Cl2/c1-3-11(8(2)12)9-5-4-6-10(13)7-9/h4-8,11H,3H2,1-2H3. The van der Waals surface area contributed by atoms with Crippen molar-refractivity contribution in [3.8, 4) is 0 Å². The molecule has 2 heteroatoms.